The van der Waals surface area contributed by atoms with Crippen molar-refractivity contribution in [1.29, 1.82) is 0 Å². The number of Topliss-reactive ketones (excluding diaryl/α,β-unsaturated/α-hetero) is 1. The van der Waals surface area contributed by atoms with Crippen LogP contribution in [-0.4, -0.2) is 68.0 Å². The van der Waals surface area contributed by atoms with Crippen LogP contribution in [0, 0.1) is 0 Å². The fourth-order valence-electron chi connectivity index (χ4n) is 2.91. The molecule has 0 aliphatic carbocycles. The predicted octanol–water partition coefficient (Wildman–Crippen LogP) is 1.31. The average Bonchev–Trinajstić information content (AvgIpc) is 2.54. The minimum atomic E-state index is -0.0683. The van der Waals surface area contributed by atoms with Crippen molar-refractivity contribution in [3.05, 3.63) is 23.8 Å². The van der Waals surface area contributed by atoms with E-state index in [2.05, 4.69) is 22.2 Å². The summed E-state index contributed by atoms with van der Waals surface area (Å²) in [4.78, 5) is 17.3. The van der Waals surface area contributed by atoms with Crippen LogP contribution in [0.2, 0.25) is 0 Å². The van der Waals surface area contributed by atoms with E-state index in [-0.39, 0.29) is 11.8 Å². The van der Waals surface area contributed by atoms with Crippen LogP contribution in [0.15, 0.2) is 18.2 Å². The predicted molar refractivity (Wildman–Crippen MR) is 83.3 cm³/mol. The number of hydrogen-bond acceptors (Lipinski definition) is 5. The second-order valence-corrected chi connectivity index (χ2v) is 5.87. The van der Waals surface area contributed by atoms with E-state index in [0.717, 1.165) is 49.7 Å². The molecular weight excluding hydrogens is 266 g/mol. The molecule has 0 amide bonds. The van der Waals surface area contributed by atoms with Gasteiger partial charge in [0.15, 0.2) is 5.78 Å². The highest BCUT2D eigenvalue weighted by Crippen LogP contribution is 2.28. The van der Waals surface area contributed by atoms with Crippen molar-refractivity contribution >= 4 is 11.5 Å². The Morgan fingerprint density at radius 3 is 2.81 bits per heavy atom. The van der Waals surface area contributed by atoms with Gasteiger partial charge in [-0.1, -0.05) is 0 Å². The third kappa shape index (κ3) is 3.04. The van der Waals surface area contributed by atoms with E-state index in [9.17, 15) is 4.79 Å². The number of hydrogen-bond donors (Lipinski definition) is 1. The Balaban J connectivity index is 1.72. The van der Waals surface area contributed by atoms with Crippen LogP contribution >= 0.6 is 0 Å². The summed E-state index contributed by atoms with van der Waals surface area (Å²) < 4.78 is 5.56. The summed E-state index contributed by atoms with van der Waals surface area (Å²) in [6, 6.07) is 5.62. The smallest absolute Gasteiger partial charge is 0.179 e. The summed E-state index contributed by atoms with van der Waals surface area (Å²) in [6.07, 6.45) is 0. The molecule has 2 aliphatic heterocycles. The van der Waals surface area contributed by atoms with Crippen molar-refractivity contribution in [2.45, 2.75) is 13.0 Å². The summed E-state index contributed by atoms with van der Waals surface area (Å²) in [5, 5.41) is 3.28. The molecule has 5 nitrogen and oxygen atoms in total. The van der Waals surface area contributed by atoms with Crippen LogP contribution in [0.4, 0.5) is 5.69 Å². The first-order chi connectivity index (χ1) is 10.1. The zero-order valence-electron chi connectivity index (χ0n) is 12.8. The van der Waals surface area contributed by atoms with Crippen molar-refractivity contribution in [2.24, 2.45) is 0 Å². The molecule has 114 valence electrons. The molecule has 2 heterocycles. The summed E-state index contributed by atoms with van der Waals surface area (Å²) >= 11 is 0. The van der Waals surface area contributed by atoms with Crippen LogP contribution in [0.5, 0.6) is 5.75 Å². The first-order valence-corrected chi connectivity index (χ1v) is 7.62. The lowest BCUT2D eigenvalue weighted by Gasteiger charge is -2.35. The maximum absolute atomic E-state index is 12.7. The second-order valence-electron chi connectivity index (χ2n) is 5.87. The number of carbonyl (C=O) groups is 1. The zero-order chi connectivity index (χ0) is 14.8. The van der Waals surface area contributed by atoms with Gasteiger partial charge in [0, 0.05) is 38.3 Å². The monoisotopic (exact) mass is 289 g/mol. The van der Waals surface area contributed by atoms with Gasteiger partial charge in [-0.05, 0) is 32.2 Å². The standard InChI is InChI=1S/C16H23N3O2/c1-12(19-8-6-18(2)7-9-19)16(20)13-3-4-15-14(11-13)17-5-10-21-15/h3-4,11-12,17H,5-10H2,1-2H3. The van der Waals surface area contributed by atoms with Crippen molar-refractivity contribution in [1.82, 2.24) is 9.80 Å². The maximum Gasteiger partial charge on any atom is 0.179 e. The zero-order valence-corrected chi connectivity index (χ0v) is 12.8. The molecule has 0 spiro atoms. The first kappa shape index (κ1) is 14.4. The first-order valence-electron chi connectivity index (χ1n) is 7.62. The largest absolute Gasteiger partial charge is 0.490 e. The Morgan fingerprint density at radius 2 is 2.05 bits per heavy atom. The highest BCUT2D eigenvalue weighted by Gasteiger charge is 2.26. The SMILES string of the molecule is CC(C(=O)c1ccc2c(c1)NCCO2)N1CCN(C)CC1. The van der Waals surface area contributed by atoms with Crippen LogP contribution in [0.3, 0.4) is 0 Å². The van der Waals surface area contributed by atoms with Crippen molar-refractivity contribution < 1.29 is 9.53 Å². The lowest BCUT2D eigenvalue weighted by molar-refractivity contribution is 0.0738. The maximum atomic E-state index is 12.7. The highest BCUT2D eigenvalue weighted by atomic mass is 16.5. The van der Waals surface area contributed by atoms with Crippen LogP contribution in [0.1, 0.15) is 17.3 Å². The van der Waals surface area contributed by atoms with Gasteiger partial charge in [-0.25, -0.2) is 0 Å². The number of nitrogens with one attached hydrogen (secondary N) is 1. The van der Waals surface area contributed by atoms with Crippen LogP contribution < -0.4 is 10.1 Å². The lowest BCUT2D eigenvalue weighted by atomic mass is 10.0. The molecular formula is C16H23N3O2. The quantitative estimate of drug-likeness (QED) is 0.850. The molecule has 0 aromatic heterocycles. The molecule has 0 saturated carbocycles. The Labute approximate surface area is 125 Å². The topological polar surface area (TPSA) is 44.8 Å². The minimum absolute atomic E-state index is 0.0683. The number of carbonyl (C=O) groups excluding carboxylic acids is 1. The van der Waals surface area contributed by atoms with E-state index in [1.54, 1.807) is 0 Å². The van der Waals surface area contributed by atoms with E-state index in [1.807, 2.05) is 25.1 Å². The van der Waals surface area contributed by atoms with E-state index in [4.69, 9.17) is 4.74 Å². The Bertz CT molecular complexity index is 524. The van der Waals surface area contributed by atoms with Gasteiger partial charge in [0.25, 0.3) is 0 Å². The third-order valence-corrected chi connectivity index (χ3v) is 4.40. The van der Waals surface area contributed by atoms with E-state index in [1.165, 1.54) is 0 Å². The molecule has 1 atom stereocenters. The molecule has 0 radical (unpaired) electrons. The minimum Gasteiger partial charge on any atom is -0.490 e. The number of benzene rings is 1. The van der Waals surface area contributed by atoms with Crippen molar-refractivity contribution in [3.63, 3.8) is 0 Å². The number of piperazine rings is 1. The van der Waals surface area contributed by atoms with Crippen LogP contribution in [0.25, 0.3) is 0 Å². The molecule has 3 rings (SSSR count). The van der Waals surface area contributed by atoms with Gasteiger partial charge in [-0.3, -0.25) is 9.69 Å². The number of anilines is 1. The molecule has 1 aromatic rings. The second kappa shape index (κ2) is 6.03. The summed E-state index contributed by atoms with van der Waals surface area (Å²) in [5.74, 6) is 1.03. The molecule has 0 bridgehead atoms. The summed E-state index contributed by atoms with van der Waals surface area (Å²) in [5.41, 5.74) is 1.69. The fourth-order valence-corrected chi connectivity index (χ4v) is 2.91. The average molecular weight is 289 g/mol. The number of rotatable bonds is 3. The van der Waals surface area contributed by atoms with E-state index >= 15 is 0 Å². The Kier molecular flexibility index (Phi) is 4.12. The molecule has 1 aromatic carbocycles. The van der Waals surface area contributed by atoms with Gasteiger partial charge in [0.05, 0.1) is 11.7 Å². The van der Waals surface area contributed by atoms with Gasteiger partial charge in [0.1, 0.15) is 12.4 Å². The number of likely N-dealkylation sites (N-methyl/N-ethyl adjacent to an activating group) is 1. The number of ketones is 1. The van der Waals surface area contributed by atoms with E-state index in [0.29, 0.717) is 6.61 Å². The number of fused-ring (bicyclic) bond motifs is 1. The molecule has 5 heteroatoms. The molecule has 1 N–H and O–H groups in total. The number of nitrogens with zero attached hydrogens (tertiary/aromatic N) is 2. The molecule has 1 saturated heterocycles. The van der Waals surface area contributed by atoms with Gasteiger partial charge in [0.2, 0.25) is 0 Å². The Hall–Kier alpha value is -1.59. The Morgan fingerprint density at radius 1 is 1.29 bits per heavy atom. The van der Waals surface area contributed by atoms with Gasteiger partial charge < -0.3 is 15.0 Å². The van der Waals surface area contributed by atoms with Gasteiger partial charge >= 0.3 is 0 Å². The van der Waals surface area contributed by atoms with Crippen molar-refractivity contribution in [3.8, 4) is 5.75 Å². The lowest BCUT2D eigenvalue weighted by Crippen LogP contribution is -2.50. The van der Waals surface area contributed by atoms with Crippen molar-refractivity contribution in [2.75, 3.05) is 51.7 Å². The fraction of sp³-hybridized carbons (Fsp3) is 0.562. The molecule has 21 heavy (non-hydrogen) atoms. The van der Waals surface area contributed by atoms with Gasteiger partial charge in [-0.2, -0.15) is 0 Å². The molecule has 1 unspecified atom stereocenters. The molecule has 2 aliphatic rings. The molecule has 1 fully saturated rings. The van der Waals surface area contributed by atoms with Gasteiger partial charge in [-0.15, -0.1) is 0 Å². The van der Waals surface area contributed by atoms with Crippen LogP contribution in [-0.2, 0) is 0 Å². The normalized spacial score (nSPS) is 21.0. The highest BCUT2D eigenvalue weighted by molar-refractivity contribution is 6.01. The summed E-state index contributed by atoms with van der Waals surface area (Å²) in [7, 11) is 2.12. The van der Waals surface area contributed by atoms with E-state index < -0.39 is 0 Å². The summed E-state index contributed by atoms with van der Waals surface area (Å²) in [6.45, 7) is 7.44. The third-order valence-electron chi connectivity index (χ3n) is 4.40. The number of ether oxygens (including phenoxy) is 1.